The Morgan fingerprint density at radius 3 is 2.88 bits per heavy atom. The minimum absolute atomic E-state index is 0.238. The molecule has 5 nitrogen and oxygen atoms in total. The summed E-state index contributed by atoms with van der Waals surface area (Å²) in [5.74, 6) is 1.36. The summed E-state index contributed by atoms with van der Waals surface area (Å²) in [5, 5.41) is 3.32. The van der Waals surface area contributed by atoms with Gasteiger partial charge in [-0.25, -0.2) is 4.98 Å². The Morgan fingerprint density at radius 2 is 2.25 bits per heavy atom. The monoisotopic (exact) mass is 225 g/mol. The van der Waals surface area contributed by atoms with Crippen molar-refractivity contribution in [3.63, 3.8) is 0 Å². The van der Waals surface area contributed by atoms with E-state index in [-0.39, 0.29) is 6.04 Å². The number of methoxy groups -OCH3 is 2. The Bertz CT molecular complexity index is 301. The van der Waals surface area contributed by atoms with Crippen LogP contribution in [0.3, 0.4) is 0 Å². The smallest absolute Gasteiger partial charge is 0.216 e. The first kappa shape index (κ1) is 12.9. The zero-order valence-electron chi connectivity index (χ0n) is 10.1. The highest BCUT2D eigenvalue weighted by Crippen LogP contribution is 2.05. The van der Waals surface area contributed by atoms with E-state index in [2.05, 4.69) is 22.2 Å². The Labute approximate surface area is 96.2 Å². The highest BCUT2D eigenvalue weighted by atomic mass is 16.5. The number of likely N-dealkylation sites (N-methyl/N-ethyl adjacent to an activating group) is 1. The van der Waals surface area contributed by atoms with Crippen molar-refractivity contribution in [3.8, 4) is 5.88 Å². The van der Waals surface area contributed by atoms with Crippen molar-refractivity contribution in [3.05, 3.63) is 18.1 Å². The maximum atomic E-state index is 5.14. The molecule has 16 heavy (non-hydrogen) atoms. The summed E-state index contributed by atoms with van der Waals surface area (Å²) in [6.45, 7) is 3.61. The minimum Gasteiger partial charge on any atom is -0.481 e. The summed E-state index contributed by atoms with van der Waals surface area (Å²) in [6.07, 6.45) is 2.44. The summed E-state index contributed by atoms with van der Waals surface area (Å²) in [4.78, 5) is 8.47. The molecule has 0 spiro atoms. The molecular formula is C11H19N3O2. The molecule has 1 aromatic rings. The molecule has 1 heterocycles. The fraction of sp³-hybridized carbons (Fsp3) is 0.636. The normalized spacial score (nSPS) is 12.4. The Morgan fingerprint density at radius 1 is 1.44 bits per heavy atom. The SMILES string of the molecule is CCNC(COC)Cc1nccc(OC)n1. The van der Waals surface area contributed by atoms with E-state index in [0.717, 1.165) is 18.8 Å². The standard InChI is InChI=1S/C11H19N3O2/c1-4-12-9(8-15-2)7-10-13-6-5-11(14-10)16-3/h5-6,9,12H,4,7-8H2,1-3H3. The number of nitrogens with one attached hydrogen (secondary N) is 1. The summed E-state index contributed by atoms with van der Waals surface area (Å²) in [7, 11) is 3.29. The van der Waals surface area contributed by atoms with E-state index >= 15 is 0 Å². The highest BCUT2D eigenvalue weighted by Gasteiger charge is 2.10. The van der Waals surface area contributed by atoms with Gasteiger partial charge in [0.2, 0.25) is 5.88 Å². The zero-order chi connectivity index (χ0) is 11.8. The quantitative estimate of drug-likeness (QED) is 0.738. The molecule has 0 saturated heterocycles. The predicted octanol–water partition coefficient (Wildman–Crippen LogP) is 0.652. The van der Waals surface area contributed by atoms with E-state index in [4.69, 9.17) is 9.47 Å². The van der Waals surface area contributed by atoms with Crippen molar-refractivity contribution < 1.29 is 9.47 Å². The molecule has 0 fully saturated rings. The molecule has 0 amide bonds. The average Bonchev–Trinajstić information content (AvgIpc) is 2.30. The fourth-order valence-electron chi connectivity index (χ4n) is 1.49. The molecule has 0 aliphatic rings. The van der Waals surface area contributed by atoms with Gasteiger partial charge in [-0.05, 0) is 6.54 Å². The van der Waals surface area contributed by atoms with Crippen molar-refractivity contribution in [1.29, 1.82) is 0 Å². The van der Waals surface area contributed by atoms with Gasteiger partial charge in [-0.2, -0.15) is 4.98 Å². The molecule has 1 rings (SSSR count). The van der Waals surface area contributed by atoms with E-state index in [1.165, 1.54) is 0 Å². The van der Waals surface area contributed by atoms with Crippen molar-refractivity contribution in [1.82, 2.24) is 15.3 Å². The first-order valence-electron chi connectivity index (χ1n) is 5.38. The van der Waals surface area contributed by atoms with Crippen molar-refractivity contribution >= 4 is 0 Å². The molecule has 0 aromatic carbocycles. The van der Waals surface area contributed by atoms with Crippen molar-refractivity contribution in [2.45, 2.75) is 19.4 Å². The van der Waals surface area contributed by atoms with Gasteiger partial charge in [0.15, 0.2) is 0 Å². The molecule has 5 heteroatoms. The van der Waals surface area contributed by atoms with E-state index in [0.29, 0.717) is 12.5 Å². The van der Waals surface area contributed by atoms with Gasteiger partial charge in [0, 0.05) is 31.8 Å². The molecule has 1 aromatic heterocycles. The number of hydrogen-bond acceptors (Lipinski definition) is 5. The first-order chi connectivity index (χ1) is 7.80. The number of nitrogens with zero attached hydrogens (tertiary/aromatic N) is 2. The largest absolute Gasteiger partial charge is 0.481 e. The van der Waals surface area contributed by atoms with Crippen LogP contribution in [0.1, 0.15) is 12.7 Å². The zero-order valence-corrected chi connectivity index (χ0v) is 10.1. The Balaban J connectivity index is 2.60. The highest BCUT2D eigenvalue weighted by molar-refractivity contribution is 5.08. The van der Waals surface area contributed by atoms with Crippen LogP contribution in [0.4, 0.5) is 0 Å². The van der Waals surface area contributed by atoms with Crippen LogP contribution in [0.2, 0.25) is 0 Å². The molecule has 0 saturated carbocycles. The maximum absolute atomic E-state index is 5.14. The fourth-order valence-corrected chi connectivity index (χ4v) is 1.49. The number of ether oxygens (including phenoxy) is 2. The lowest BCUT2D eigenvalue weighted by molar-refractivity contribution is 0.166. The van der Waals surface area contributed by atoms with Gasteiger partial charge in [0.25, 0.3) is 0 Å². The first-order valence-corrected chi connectivity index (χ1v) is 5.38. The maximum Gasteiger partial charge on any atom is 0.216 e. The summed E-state index contributed by atoms with van der Waals surface area (Å²) in [5.41, 5.74) is 0. The molecule has 1 unspecified atom stereocenters. The Kier molecular flexibility index (Phi) is 5.74. The molecule has 90 valence electrons. The van der Waals surface area contributed by atoms with Crippen LogP contribution in [-0.2, 0) is 11.2 Å². The van der Waals surface area contributed by atoms with E-state index in [1.54, 1.807) is 26.5 Å². The molecule has 0 aliphatic heterocycles. The van der Waals surface area contributed by atoms with Gasteiger partial charge in [0.1, 0.15) is 5.82 Å². The van der Waals surface area contributed by atoms with E-state index in [1.807, 2.05) is 0 Å². The second-order valence-electron chi connectivity index (χ2n) is 3.43. The molecular weight excluding hydrogens is 206 g/mol. The van der Waals surface area contributed by atoms with Crippen LogP contribution in [0, 0.1) is 0 Å². The molecule has 0 bridgehead atoms. The van der Waals surface area contributed by atoms with Gasteiger partial charge in [-0.1, -0.05) is 6.92 Å². The van der Waals surface area contributed by atoms with Crippen LogP contribution in [0.25, 0.3) is 0 Å². The van der Waals surface area contributed by atoms with Gasteiger partial charge in [0.05, 0.1) is 13.7 Å². The van der Waals surface area contributed by atoms with Crippen LogP contribution in [0.5, 0.6) is 5.88 Å². The van der Waals surface area contributed by atoms with E-state index in [9.17, 15) is 0 Å². The predicted molar refractivity (Wildman–Crippen MR) is 61.6 cm³/mol. The minimum atomic E-state index is 0.238. The number of hydrogen-bond donors (Lipinski definition) is 1. The lowest BCUT2D eigenvalue weighted by atomic mass is 10.2. The number of rotatable bonds is 7. The van der Waals surface area contributed by atoms with E-state index < -0.39 is 0 Å². The molecule has 0 aliphatic carbocycles. The summed E-state index contributed by atoms with van der Waals surface area (Å²) < 4.78 is 10.2. The molecule has 1 atom stereocenters. The summed E-state index contributed by atoms with van der Waals surface area (Å²) in [6, 6.07) is 1.98. The molecule has 0 radical (unpaired) electrons. The topological polar surface area (TPSA) is 56.3 Å². The average molecular weight is 225 g/mol. The lowest BCUT2D eigenvalue weighted by Gasteiger charge is -2.15. The summed E-state index contributed by atoms with van der Waals surface area (Å²) >= 11 is 0. The van der Waals surface area contributed by atoms with Crippen molar-refractivity contribution in [2.24, 2.45) is 0 Å². The third kappa shape index (κ3) is 4.12. The van der Waals surface area contributed by atoms with Gasteiger partial charge >= 0.3 is 0 Å². The second-order valence-corrected chi connectivity index (χ2v) is 3.43. The third-order valence-corrected chi connectivity index (χ3v) is 2.18. The van der Waals surface area contributed by atoms with Crippen LogP contribution >= 0.6 is 0 Å². The van der Waals surface area contributed by atoms with Crippen molar-refractivity contribution in [2.75, 3.05) is 27.4 Å². The number of aromatic nitrogens is 2. The van der Waals surface area contributed by atoms with Gasteiger partial charge in [-0.15, -0.1) is 0 Å². The van der Waals surface area contributed by atoms with Crippen LogP contribution < -0.4 is 10.1 Å². The van der Waals surface area contributed by atoms with Gasteiger partial charge in [-0.3, -0.25) is 0 Å². The molecule has 1 N–H and O–H groups in total. The second kappa shape index (κ2) is 7.14. The van der Waals surface area contributed by atoms with Crippen LogP contribution in [0.15, 0.2) is 12.3 Å². The lowest BCUT2D eigenvalue weighted by Crippen LogP contribution is -2.35. The third-order valence-electron chi connectivity index (χ3n) is 2.18. The van der Waals surface area contributed by atoms with Crippen LogP contribution in [-0.4, -0.2) is 43.4 Å². The van der Waals surface area contributed by atoms with Gasteiger partial charge < -0.3 is 14.8 Å². The Hall–Kier alpha value is -1.20.